The van der Waals surface area contributed by atoms with Crippen molar-refractivity contribution in [1.29, 1.82) is 0 Å². The third-order valence-corrected chi connectivity index (χ3v) is 5.97. The molecule has 140 valence electrons. The van der Waals surface area contributed by atoms with Crippen LogP contribution in [0.2, 0.25) is 0 Å². The molecule has 2 aromatic rings. The predicted molar refractivity (Wildman–Crippen MR) is 108 cm³/mol. The Bertz CT molecular complexity index is 924. The molecule has 3 aliphatic rings. The van der Waals surface area contributed by atoms with Gasteiger partial charge in [-0.2, -0.15) is 0 Å². The summed E-state index contributed by atoms with van der Waals surface area (Å²) in [4.78, 5) is 21.8. The summed E-state index contributed by atoms with van der Waals surface area (Å²) in [5.41, 5.74) is 9.64. The topological polar surface area (TPSA) is 53.6 Å². The van der Waals surface area contributed by atoms with Gasteiger partial charge in [-0.3, -0.25) is 15.1 Å². The highest BCUT2D eigenvalue weighted by Gasteiger charge is 2.41. The quantitative estimate of drug-likeness (QED) is 0.849. The average molecular weight is 363 g/mol. The van der Waals surface area contributed by atoms with Crippen molar-refractivity contribution in [1.82, 2.24) is 0 Å². The van der Waals surface area contributed by atoms with Crippen molar-refractivity contribution in [2.75, 3.05) is 35.3 Å². The molecule has 2 aromatic carbocycles. The van der Waals surface area contributed by atoms with E-state index in [0.717, 1.165) is 59.0 Å². The van der Waals surface area contributed by atoms with Gasteiger partial charge in [-0.05, 0) is 37.3 Å². The molecule has 1 saturated heterocycles. The number of fused-ring (bicyclic) bond motifs is 2. The standard InChI is InChI=1S/C22H25N3O2/c1-3-23-16-11-17(25-10-6-7-13(2)12-25)20-19-18(16)21(26)14-8-4-5-9-15(14)22(19)27-24-20/h4-5,8-9,11,13,22-24H,3,6-7,10,12H2,1-2H3. The molecule has 2 heterocycles. The van der Waals surface area contributed by atoms with Gasteiger partial charge in [-0.15, -0.1) is 0 Å². The maximum absolute atomic E-state index is 13.3. The second kappa shape index (κ2) is 6.27. The maximum atomic E-state index is 13.3. The molecule has 5 nitrogen and oxygen atoms in total. The van der Waals surface area contributed by atoms with Gasteiger partial charge in [0, 0.05) is 36.4 Å². The molecule has 2 N–H and O–H groups in total. The van der Waals surface area contributed by atoms with Gasteiger partial charge in [0.05, 0.1) is 16.9 Å². The zero-order chi connectivity index (χ0) is 18.5. The fraction of sp³-hybridized carbons (Fsp3) is 0.409. The predicted octanol–water partition coefficient (Wildman–Crippen LogP) is 4.35. The summed E-state index contributed by atoms with van der Waals surface area (Å²) in [7, 11) is 0. The second-order valence-corrected chi connectivity index (χ2v) is 7.85. The van der Waals surface area contributed by atoms with E-state index in [1.807, 2.05) is 24.3 Å². The number of anilines is 3. The molecule has 0 aromatic heterocycles. The van der Waals surface area contributed by atoms with E-state index in [2.05, 4.69) is 35.6 Å². The number of hydrogen-bond donors (Lipinski definition) is 2. The number of piperidine rings is 1. The van der Waals surface area contributed by atoms with Crippen LogP contribution in [-0.2, 0) is 4.84 Å². The summed E-state index contributed by atoms with van der Waals surface area (Å²) in [5, 5.41) is 3.43. The molecule has 27 heavy (non-hydrogen) atoms. The number of nitrogens with zero attached hydrogens (tertiary/aromatic N) is 1. The van der Waals surface area contributed by atoms with Gasteiger partial charge in [0.15, 0.2) is 5.78 Å². The van der Waals surface area contributed by atoms with Gasteiger partial charge < -0.3 is 10.2 Å². The Morgan fingerprint density at radius 3 is 3.00 bits per heavy atom. The highest BCUT2D eigenvalue weighted by Crippen LogP contribution is 2.51. The minimum atomic E-state index is -0.233. The summed E-state index contributed by atoms with van der Waals surface area (Å²) in [6, 6.07) is 9.93. The van der Waals surface area contributed by atoms with Gasteiger partial charge in [0.2, 0.25) is 0 Å². The first kappa shape index (κ1) is 16.6. The maximum Gasteiger partial charge on any atom is 0.195 e. The highest BCUT2D eigenvalue weighted by atomic mass is 16.7. The minimum absolute atomic E-state index is 0.0833. The molecule has 2 unspecified atom stereocenters. The number of nitrogens with one attached hydrogen (secondary N) is 2. The molecule has 5 heteroatoms. The lowest BCUT2D eigenvalue weighted by atomic mass is 9.81. The van der Waals surface area contributed by atoms with E-state index in [4.69, 9.17) is 4.84 Å². The van der Waals surface area contributed by atoms with Crippen LogP contribution < -0.4 is 15.7 Å². The van der Waals surface area contributed by atoms with E-state index in [9.17, 15) is 4.79 Å². The van der Waals surface area contributed by atoms with Crippen molar-refractivity contribution >= 4 is 22.8 Å². The summed E-state index contributed by atoms with van der Waals surface area (Å²) in [6.45, 7) is 7.22. The Morgan fingerprint density at radius 1 is 1.33 bits per heavy atom. The molecule has 0 bridgehead atoms. The Hall–Kier alpha value is -2.53. The Kier molecular flexibility index (Phi) is 3.86. The molecular formula is C22H25N3O2. The van der Waals surface area contributed by atoms with Crippen LogP contribution in [0.4, 0.5) is 17.1 Å². The lowest BCUT2D eigenvalue weighted by Crippen LogP contribution is -2.35. The van der Waals surface area contributed by atoms with Gasteiger partial charge >= 0.3 is 0 Å². The Balaban J connectivity index is 1.71. The summed E-state index contributed by atoms with van der Waals surface area (Å²) < 4.78 is 0. The molecule has 0 spiro atoms. The monoisotopic (exact) mass is 363 g/mol. The fourth-order valence-electron chi connectivity index (χ4n) is 4.75. The highest BCUT2D eigenvalue weighted by molar-refractivity contribution is 6.18. The molecule has 0 saturated carbocycles. The number of carbonyl (C=O) groups excluding carboxylic acids is 1. The van der Waals surface area contributed by atoms with Crippen LogP contribution in [0.3, 0.4) is 0 Å². The van der Waals surface area contributed by atoms with E-state index in [0.29, 0.717) is 5.92 Å². The second-order valence-electron chi connectivity index (χ2n) is 7.85. The first-order valence-electron chi connectivity index (χ1n) is 9.94. The van der Waals surface area contributed by atoms with Gasteiger partial charge in [0.1, 0.15) is 6.10 Å². The largest absolute Gasteiger partial charge is 0.385 e. The van der Waals surface area contributed by atoms with Crippen LogP contribution in [0.25, 0.3) is 0 Å². The van der Waals surface area contributed by atoms with Crippen LogP contribution in [0.1, 0.15) is 59.8 Å². The molecule has 5 rings (SSSR count). The third-order valence-electron chi connectivity index (χ3n) is 5.97. The van der Waals surface area contributed by atoms with Crippen molar-refractivity contribution in [2.45, 2.75) is 32.8 Å². The first-order valence-corrected chi connectivity index (χ1v) is 9.94. The molecule has 1 fully saturated rings. The third kappa shape index (κ3) is 2.45. The van der Waals surface area contributed by atoms with E-state index in [1.54, 1.807) is 0 Å². The van der Waals surface area contributed by atoms with Crippen molar-refractivity contribution in [3.8, 4) is 0 Å². The normalized spacial score (nSPS) is 22.9. The van der Waals surface area contributed by atoms with Crippen molar-refractivity contribution in [3.05, 3.63) is 52.6 Å². The van der Waals surface area contributed by atoms with Gasteiger partial charge in [-0.1, -0.05) is 31.2 Å². The van der Waals surface area contributed by atoms with Crippen molar-refractivity contribution in [3.63, 3.8) is 0 Å². The number of hydrogen-bond acceptors (Lipinski definition) is 5. The summed E-state index contributed by atoms with van der Waals surface area (Å²) >= 11 is 0. The smallest absolute Gasteiger partial charge is 0.195 e. The zero-order valence-corrected chi connectivity index (χ0v) is 15.8. The first-order chi connectivity index (χ1) is 13.2. The minimum Gasteiger partial charge on any atom is -0.385 e. The lowest BCUT2D eigenvalue weighted by Gasteiger charge is -2.35. The number of rotatable bonds is 3. The van der Waals surface area contributed by atoms with E-state index < -0.39 is 0 Å². The summed E-state index contributed by atoms with van der Waals surface area (Å²) in [5.74, 6) is 0.755. The molecule has 1 aliphatic carbocycles. The molecule has 2 aliphatic heterocycles. The van der Waals surface area contributed by atoms with Crippen LogP contribution in [0.5, 0.6) is 0 Å². The lowest BCUT2D eigenvalue weighted by molar-refractivity contribution is 0.101. The van der Waals surface area contributed by atoms with E-state index >= 15 is 0 Å². The van der Waals surface area contributed by atoms with Gasteiger partial charge in [-0.25, -0.2) is 0 Å². The number of carbonyl (C=O) groups is 1. The average Bonchev–Trinajstić information content (AvgIpc) is 3.12. The van der Waals surface area contributed by atoms with Crippen LogP contribution in [0.15, 0.2) is 30.3 Å². The number of benzene rings is 2. The van der Waals surface area contributed by atoms with Crippen molar-refractivity contribution in [2.24, 2.45) is 5.92 Å². The zero-order valence-electron chi connectivity index (χ0n) is 15.8. The summed E-state index contributed by atoms with van der Waals surface area (Å²) in [6.07, 6.45) is 2.23. The van der Waals surface area contributed by atoms with E-state index in [1.165, 1.54) is 12.8 Å². The number of ketones is 1. The fourth-order valence-corrected chi connectivity index (χ4v) is 4.75. The van der Waals surface area contributed by atoms with Crippen molar-refractivity contribution < 1.29 is 9.63 Å². The molecule has 2 atom stereocenters. The Labute approximate surface area is 159 Å². The van der Waals surface area contributed by atoms with E-state index in [-0.39, 0.29) is 11.9 Å². The SMILES string of the molecule is CCNc1cc(N2CCCC(C)C2)c2c3c1C(=O)c1ccccc1C3ON2. The molecular weight excluding hydrogens is 338 g/mol. The molecule has 0 radical (unpaired) electrons. The molecule has 0 amide bonds. The van der Waals surface area contributed by atoms with Crippen LogP contribution >= 0.6 is 0 Å². The Morgan fingerprint density at radius 2 is 2.19 bits per heavy atom. The van der Waals surface area contributed by atoms with Gasteiger partial charge in [0.25, 0.3) is 0 Å². The van der Waals surface area contributed by atoms with Crippen LogP contribution in [-0.4, -0.2) is 25.4 Å². The van der Waals surface area contributed by atoms with Crippen LogP contribution in [0, 0.1) is 5.92 Å².